The van der Waals surface area contributed by atoms with E-state index in [0.29, 0.717) is 0 Å². The van der Waals surface area contributed by atoms with Crippen molar-refractivity contribution in [3.63, 3.8) is 0 Å². The van der Waals surface area contributed by atoms with Gasteiger partial charge in [-0.05, 0) is 60.0 Å². The molecule has 2 aromatic heterocycles. The summed E-state index contributed by atoms with van der Waals surface area (Å²) in [5.41, 5.74) is 4.65. The molecule has 4 nitrogen and oxygen atoms in total. The number of aromatic nitrogens is 2. The lowest BCUT2D eigenvalue weighted by Crippen LogP contribution is -1.94. The zero-order valence-electron chi connectivity index (χ0n) is 12.6. The lowest BCUT2D eigenvalue weighted by Gasteiger charge is -2.04. The van der Waals surface area contributed by atoms with Crippen molar-refractivity contribution in [3.05, 3.63) is 47.5 Å². The summed E-state index contributed by atoms with van der Waals surface area (Å²) in [5.74, 6) is 0. The Kier molecular flexibility index (Phi) is 4.75. The number of thiazole rings is 2. The second-order valence-corrected chi connectivity index (χ2v) is 9.05. The van der Waals surface area contributed by atoms with E-state index in [0.717, 1.165) is 32.6 Å². The molecule has 0 atom stereocenters. The van der Waals surface area contributed by atoms with Crippen molar-refractivity contribution in [2.24, 2.45) is 10.3 Å². The lowest BCUT2D eigenvalue weighted by molar-refractivity contribution is 0.969. The first-order valence-corrected chi connectivity index (χ1v) is 10.7. The number of aryl methyl sites for hydroxylation is 2. The van der Waals surface area contributed by atoms with Crippen molar-refractivity contribution >= 4 is 67.0 Å². The second kappa shape index (κ2) is 6.99. The number of hydrogen-bond donors (Lipinski definition) is 2. The minimum atomic E-state index is 0.906. The number of hydrogen-bond acceptors (Lipinski definition) is 8. The molecular weight excluding hydrogens is 376 g/mol. The lowest BCUT2D eigenvalue weighted by atomic mass is 10.0. The molecule has 0 bridgehead atoms. The molecule has 2 heterocycles. The molecule has 0 saturated carbocycles. The Hall–Kier alpha value is -1.16. The molecular formula is C16H14N4S4. The number of fused-ring (bicyclic) bond motifs is 2. The average molecular weight is 391 g/mol. The van der Waals surface area contributed by atoms with E-state index in [4.69, 9.17) is 10.3 Å². The predicted molar refractivity (Wildman–Crippen MR) is 107 cm³/mol. The van der Waals surface area contributed by atoms with Gasteiger partial charge < -0.3 is 0 Å². The van der Waals surface area contributed by atoms with Gasteiger partial charge in [0.2, 0.25) is 0 Å². The summed E-state index contributed by atoms with van der Waals surface area (Å²) in [4.78, 5) is 9.29. The van der Waals surface area contributed by atoms with Gasteiger partial charge in [0, 0.05) is 0 Å². The molecule has 8 heteroatoms. The van der Waals surface area contributed by atoms with Crippen molar-refractivity contribution in [1.29, 1.82) is 0 Å². The van der Waals surface area contributed by atoms with Crippen LogP contribution in [0.1, 0.15) is 11.1 Å². The van der Waals surface area contributed by atoms with Crippen molar-refractivity contribution in [3.8, 4) is 0 Å². The van der Waals surface area contributed by atoms with Crippen LogP contribution in [0.5, 0.6) is 0 Å². The van der Waals surface area contributed by atoms with Gasteiger partial charge in [0.1, 0.15) is 0 Å². The van der Waals surface area contributed by atoms with Gasteiger partial charge in [-0.25, -0.2) is 9.97 Å². The molecule has 0 fully saturated rings. The van der Waals surface area contributed by atoms with Crippen LogP contribution in [0.15, 0.2) is 45.1 Å². The van der Waals surface area contributed by atoms with E-state index in [1.165, 1.54) is 44.4 Å². The summed E-state index contributed by atoms with van der Waals surface area (Å²) in [5, 5.41) is 11.3. The fourth-order valence-electron chi connectivity index (χ4n) is 2.74. The minimum absolute atomic E-state index is 0.906. The Morgan fingerprint density at radius 2 is 1.21 bits per heavy atom. The van der Waals surface area contributed by atoms with Crippen LogP contribution in [0.3, 0.4) is 0 Å². The fraction of sp³-hybridized carbons (Fsp3) is 0.125. The Labute approximate surface area is 155 Å². The third kappa shape index (κ3) is 3.05. The van der Waals surface area contributed by atoms with Gasteiger partial charge in [-0.3, -0.25) is 10.3 Å². The quantitative estimate of drug-likeness (QED) is 0.484. The first kappa shape index (κ1) is 16.3. The highest BCUT2D eigenvalue weighted by Crippen LogP contribution is 2.31. The first-order valence-electron chi connectivity index (χ1n) is 7.29. The standard InChI is InChI=1S/C16H14N4S4/c17-23-15-19-13-9(3-1-5-11(13)21-15)7-8-10-4-2-6-12-14(10)20-16(22-12)24-18/h1-6H,7-8,17-18H2. The molecule has 0 aliphatic heterocycles. The van der Waals surface area contributed by atoms with Gasteiger partial charge in [0.15, 0.2) is 8.68 Å². The van der Waals surface area contributed by atoms with Crippen LogP contribution in [-0.4, -0.2) is 9.97 Å². The maximum Gasteiger partial charge on any atom is 0.165 e. The molecule has 0 aliphatic carbocycles. The zero-order valence-corrected chi connectivity index (χ0v) is 15.8. The second-order valence-electron chi connectivity index (χ2n) is 5.22. The highest BCUT2D eigenvalue weighted by molar-refractivity contribution is 7.99. The van der Waals surface area contributed by atoms with Crippen molar-refractivity contribution in [1.82, 2.24) is 9.97 Å². The van der Waals surface area contributed by atoms with Crippen LogP contribution < -0.4 is 10.3 Å². The van der Waals surface area contributed by atoms with Gasteiger partial charge in [0.25, 0.3) is 0 Å². The monoisotopic (exact) mass is 390 g/mol. The van der Waals surface area contributed by atoms with E-state index < -0.39 is 0 Å². The molecule has 0 unspecified atom stereocenters. The number of rotatable bonds is 5. The summed E-state index contributed by atoms with van der Waals surface area (Å²) in [6.45, 7) is 0. The maximum absolute atomic E-state index is 5.65. The number of nitrogens with two attached hydrogens (primary N) is 2. The Balaban J connectivity index is 1.65. The van der Waals surface area contributed by atoms with E-state index in [9.17, 15) is 0 Å². The summed E-state index contributed by atoms with van der Waals surface area (Å²) in [6.07, 6.45) is 1.86. The van der Waals surface area contributed by atoms with Gasteiger partial charge in [0.05, 0.1) is 20.4 Å². The van der Waals surface area contributed by atoms with Crippen LogP contribution in [0.4, 0.5) is 0 Å². The molecule has 0 radical (unpaired) electrons. The van der Waals surface area contributed by atoms with Gasteiger partial charge >= 0.3 is 0 Å². The van der Waals surface area contributed by atoms with Gasteiger partial charge in [-0.2, -0.15) is 0 Å². The smallest absolute Gasteiger partial charge is 0.165 e. The summed E-state index contributed by atoms with van der Waals surface area (Å²) in [7, 11) is 0. The topological polar surface area (TPSA) is 77.8 Å². The first-order chi connectivity index (χ1) is 11.8. The fourth-order valence-corrected chi connectivity index (χ4v) is 5.45. The molecule has 2 aromatic carbocycles. The van der Waals surface area contributed by atoms with Crippen molar-refractivity contribution in [2.45, 2.75) is 21.5 Å². The number of para-hydroxylation sites is 2. The van der Waals surface area contributed by atoms with Gasteiger partial charge in [-0.1, -0.05) is 24.3 Å². The van der Waals surface area contributed by atoms with Crippen LogP contribution in [0.2, 0.25) is 0 Å². The molecule has 0 saturated heterocycles. The van der Waals surface area contributed by atoms with E-state index in [-0.39, 0.29) is 0 Å². The Morgan fingerprint density at radius 3 is 1.62 bits per heavy atom. The minimum Gasteiger partial charge on any atom is -0.272 e. The molecule has 0 aliphatic rings. The third-order valence-corrected chi connectivity index (χ3v) is 7.12. The average Bonchev–Trinajstić information content (AvgIpc) is 3.23. The number of benzene rings is 2. The highest BCUT2D eigenvalue weighted by Gasteiger charge is 2.11. The zero-order chi connectivity index (χ0) is 16.5. The Morgan fingerprint density at radius 1 is 0.750 bits per heavy atom. The van der Waals surface area contributed by atoms with Crippen molar-refractivity contribution < 1.29 is 0 Å². The molecule has 0 amide bonds. The molecule has 122 valence electrons. The molecule has 4 aromatic rings. The van der Waals surface area contributed by atoms with Crippen LogP contribution in [-0.2, 0) is 12.8 Å². The largest absolute Gasteiger partial charge is 0.272 e. The Bertz CT molecular complexity index is 926. The van der Waals surface area contributed by atoms with Crippen molar-refractivity contribution in [2.75, 3.05) is 0 Å². The maximum atomic E-state index is 5.65. The predicted octanol–water partition coefficient (Wildman–Crippen LogP) is 4.62. The SMILES string of the molecule is NSc1nc2c(CCc3cccc4sc(SN)nc34)cccc2s1. The summed E-state index contributed by atoms with van der Waals surface area (Å²) >= 11 is 5.70. The van der Waals surface area contributed by atoms with Crippen LogP contribution >= 0.6 is 46.6 Å². The van der Waals surface area contributed by atoms with E-state index in [1.807, 2.05) is 0 Å². The van der Waals surface area contributed by atoms with Gasteiger partial charge in [-0.15, -0.1) is 22.7 Å². The molecule has 24 heavy (non-hydrogen) atoms. The van der Waals surface area contributed by atoms with Crippen LogP contribution in [0.25, 0.3) is 20.4 Å². The highest BCUT2D eigenvalue weighted by atomic mass is 32.2. The third-order valence-electron chi connectivity index (χ3n) is 3.83. The van der Waals surface area contributed by atoms with E-state index in [2.05, 4.69) is 46.4 Å². The van der Waals surface area contributed by atoms with E-state index >= 15 is 0 Å². The van der Waals surface area contributed by atoms with E-state index in [1.54, 1.807) is 22.7 Å². The molecule has 4 rings (SSSR count). The number of nitrogens with zero attached hydrogens (tertiary/aromatic N) is 2. The molecule has 0 spiro atoms. The normalized spacial score (nSPS) is 11.6. The molecule has 4 N–H and O–H groups in total. The van der Waals surface area contributed by atoms with Crippen LogP contribution in [0, 0.1) is 0 Å². The summed E-state index contributed by atoms with van der Waals surface area (Å²) in [6, 6.07) is 12.7. The summed E-state index contributed by atoms with van der Waals surface area (Å²) < 4.78 is 4.19.